The highest BCUT2D eigenvalue weighted by Crippen LogP contribution is 2.59. The average Bonchev–Trinajstić information content (AvgIpc) is 1.57. The molecular formula is C114H78N4O3. The molecule has 0 bridgehead atoms. The minimum absolute atomic E-state index is 0.232. The van der Waals surface area contributed by atoms with Gasteiger partial charge in [0.2, 0.25) is 0 Å². The average molecular weight is 1550 g/mol. The maximum atomic E-state index is 6.76. The normalized spacial score (nSPS) is 13.1. The van der Waals surface area contributed by atoms with Crippen LogP contribution in [0, 0.1) is 0 Å². The number of fused-ring (bicyclic) bond motifs is 21. The van der Waals surface area contributed by atoms with E-state index in [0.29, 0.717) is 0 Å². The lowest BCUT2D eigenvalue weighted by molar-refractivity contribution is 0.660. The van der Waals surface area contributed by atoms with E-state index in [9.17, 15) is 0 Å². The van der Waals surface area contributed by atoms with Crippen LogP contribution in [0.15, 0.2) is 414 Å². The van der Waals surface area contributed by atoms with Crippen LogP contribution in [0.25, 0.3) is 176 Å². The first-order valence-electron chi connectivity index (χ1n) is 41.8. The molecular weight excluding hydrogens is 1470 g/mol. The van der Waals surface area contributed by atoms with Gasteiger partial charge in [-0.25, -0.2) is 0 Å². The van der Waals surface area contributed by atoms with Crippen LogP contribution in [-0.2, 0) is 10.8 Å². The van der Waals surface area contributed by atoms with Crippen molar-refractivity contribution >= 4 is 144 Å². The van der Waals surface area contributed by atoms with Gasteiger partial charge < -0.3 is 32.2 Å². The standard InChI is InChI=1S/C57H38N2O2.C57H40N2O/c1-57(2)44-21-9-6-17-38(44)40-20-12-25-49(56(40)57)59(47-23-13-27-52-54(47)41-19-8-11-26-50(41)60-52)48-24-14-28-53-55(48)43-34-36(30-32-51(43)61-53)35-29-31-46-42(33-35)39-18-7-10-22-45(39)58(46)37-15-4-3-5-16-37;1-57(2)47-25-12-9-22-42(47)44-24-15-29-52(56(44)57)59(48-26-13-10-21-41(48)37-17-5-3-6-18-37)51-28-16-30-54-55(51)46-36-39(32-34-53(46)60-54)38-31-33-50-45(35-38)43-23-11-14-27-49(43)58(50)40-19-7-4-8-20-40/h3-34H,1-2H3;3-36H,1-2H3. The molecule has 0 atom stereocenters. The van der Waals surface area contributed by atoms with E-state index in [4.69, 9.17) is 13.3 Å². The SMILES string of the molecule is CC1(C)c2ccccc2-c2cccc(N(c3cccc4oc5ccccc5c34)c3cccc4oc5ccc(-c6ccc7c(c6)c6ccccc6n7-c6ccccc6)cc5c34)c21.CC1(C)c2ccccc2-c2cccc(N(c3ccccc3-c3ccccc3)c3cccc4oc5ccc(-c6ccc7c(c6)c6ccccc6n7-c6ccccc6)cc5c34)c21. The molecule has 0 spiro atoms. The van der Waals surface area contributed by atoms with Gasteiger partial charge in [-0.3, -0.25) is 0 Å². The summed E-state index contributed by atoms with van der Waals surface area (Å²) in [6.07, 6.45) is 0. The fourth-order valence-electron chi connectivity index (χ4n) is 20.6. The molecule has 572 valence electrons. The van der Waals surface area contributed by atoms with Crippen LogP contribution in [-0.4, -0.2) is 9.13 Å². The number of furan rings is 3. The van der Waals surface area contributed by atoms with E-state index in [-0.39, 0.29) is 10.8 Å². The minimum Gasteiger partial charge on any atom is -0.456 e. The lowest BCUT2D eigenvalue weighted by Gasteiger charge is -2.33. The second kappa shape index (κ2) is 27.1. The van der Waals surface area contributed by atoms with E-state index >= 15 is 0 Å². The number of nitrogens with zero attached hydrogens (tertiary/aromatic N) is 4. The van der Waals surface area contributed by atoms with Gasteiger partial charge in [-0.05, 0) is 218 Å². The van der Waals surface area contributed by atoms with Crippen LogP contribution in [0.4, 0.5) is 34.1 Å². The van der Waals surface area contributed by atoms with E-state index in [1.807, 2.05) is 6.07 Å². The van der Waals surface area contributed by atoms with Crippen molar-refractivity contribution in [2.24, 2.45) is 0 Å². The van der Waals surface area contributed by atoms with E-state index in [1.54, 1.807) is 0 Å². The van der Waals surface area contributed by atoms with Gasteiger partial charge in [-0.1, -0.05) is 282 Å². The molecule has 121 heavy (non-hydrogen) atoms. The first kappa shape index (κ1) is 69.8. The van der Waals surface area contributed by atoms with Crippen molar-refractivity contribution in [2.75, 3.05) is 9.80 Å². The van der Waals surface area contributed by atoms with Crippen LogP contribution in [0.1, 0.15) is 49.9 Å². The predicted molar refractivity (Wildman–Crippen MR) is 504 cm³/mol. The van der Waals surface area contributed by atoms with Crippen molar-refractivity contribution < 1.29 is 13.3 Å². The van der Waals surface area contributed by atoms with Crippen molar-refractivity contribution in [3.63, 3.8) is 0 Å². The first-order chi connectivity index (χ1) is 59.6. The molecule has 5 heterocycles. The molecule has 0 unspecified atom stereocenters. The Balaban J connectivity index is 0.000000137. The van der Waals surface area contributed by atoms with Crippen LogP contribution in [0.3, 0.4) is 0 Å². The van der Waals surface area contributed by atoms with Crippen LogP contribution < -0.4 is 9.80 Å². The van der Waals surface area contributed by atoms with Gasteiger partial charge in [0.1, 0.15) is 33.5 Å². The zero-order chi connectivity index (χ0) is 80.3. The van der Waals surface area contributed by atoms with Crippen molar-refractivity contribution in [3.8, 4) is 67.0 Å². The fourth-order valence-corrected chi connectivity index (χ4v) is 20.6. The molecule has 5 aromatic heterocycles. The zero-order valence-corrected chi connectivity index (χ0v) is 67.1. The van der Waals surface area contributed by atoms with Gasteiger partial charge in [0.05, 0.1) is 72.3 Å². The van der Waals surface area contributed by atoms with E-state index < -0.39 is 0 Å². The Morgan fingerprint density at radius 3 is 1.00 bits per heavy atom. The second-order valence-corrected chi connectivity index (χ2v) is 33.3. The van der Waals surface area contributed by atoms with E-state index in [2.05, 4.69) is 441 Å². The molecule has 0 amide bonds. The summed E-state index contributed by atoms with van der Waals surface area (Å²) in [6, 6.07) is 145. The quantitative estimate of drug-likeness (QED) is 0.129. The van der Waals surface area contributed by atoms with Gasteiger partial charge in [-0.15, -0.1) is 0 Å². The number of anilines is 6. The minimum atomic E-state index is -0.255. The van der Waals surface area contributed by atoms with Crippen LogP contribution in [0.5, 0.6) is 0 Å². The number of rotatable bonds is 11. The van der Waals surface area contributed by atoms with Gasteiger partial charge in [0.15, 0.2) is 0 Å². The lowest BCUT2D eigenvalue weighted by atomic mass is 9.81. The number of benzene rings is 18. The summed E-state index contributed by atoms with van der Waals surface area (Å²) in [7, 11) is 0. The maximum Gasteiger partial charge on any atom is 0.137 e. The molecule has 7 nitrogen and oxygen atoms in total. The second-order valence-electron chi connectivity index (χ2n) is 33.3. The number of hydrogen-bond donors (Lipinski definition) is 0. The summed E-state index contributed by atoms with van der Waals surface area (Å²) in [4.78, 5) is 4.98. The molecule has 0 aliphatic heterocycles. The Kier molecular flexibility index (Phi) is 15.6. The van der Waals surface area contributed by atoms with Gasteiger partial charge in [0, 0.05) is 65.5 Å². The molecule has 7 heteroatoms. The lowest BCUT2D eigenvalue weighted by Crippen LogP contribution is -2.21. The summed E-state index contributed by atoms with van der Waals surface area (Å²) >= 11 is 0. The van der Waals surface area contributed by atoms with Crippen molar-refractivity contribution in [1.82, 2.24) is 9.13 Å². The van der Waals surface area contributed by atoms with Gasteiger partial charge in [0.25, 0.3) is 0 Å². The Morgan fingerprint density at radius 2 is 0.521 bits per heavy atom. The van der Waals surface area contributed by atoms with E-state index in [0.717, 1.165) is 134 Å². The third kappa shape index (κ3) is 10.7. The predicted octanol–water partition coefficient (Wildman–Crippen LogP) is 31.8. The Labute approximate surface area is 699 Å². The molecule has 0 N–H and O–H groups in total. The summed E-state index contributed by atoms with van der Waals surface area (Å²) in [6.45, 7) is 9.47. The Bertz CT molecular complexity index is 8170. The zero-order valence-electron chi connectivity index (χ0n) is 67.1. The Morgan fingerprint density at radius 1 is 0.207 bits per heavy atom. The summed E-state index contributed by atoms with van der Waals surface area (Å²) in [5, 5.41) is 11.4. The topological polar surface area (TPSA) is 55.8 Å². The highest BCUT2D eigenvalue weighted by Gasteiger charge is 2.42. The van der Waals surface area contributed by atoms with Crippen LogP contribution >= 0.6 is 0 Å². The van der Waals surface area contributed by atoms with E-state index in [1.165, 1.54) is 99.2 Å². The number of hydrogen-bond acceptors (Lipinski definition) is 5. The summed E-state index contributed by atoms with van der Waals surface area (Å²) in [5.74, 6) is 0. The largest absolute Gasteiger partial charge is 0.456 e. The van der Waals surface area contributed by atoms with Crippen molar-refractivity contribution in [2.45, 2.75) is 38.5 Å². The molecule has 23 aromatic rings. The van der Waals surface area contributed by atoms with Crippen LogP contribution in [0.2, 0.25) is 0 Å². The Hall–Kier alpha value is -15.4. The number of para-hydroxylation sites is 6. The molecule has 18 aromatic carbocycles. The molecule has 0 saturated carbocycles. The maximum absolute atomic E-state index is 6.76. The number of aromatic nitrogens is 2. The molecule has 0 radical (unpaired) electrons. The van der Waals surface area contributed by atoms with Crippen molar-refractivity contribution in [3.05, 3.63) is 423 Å². The third-order valence-corrected chi connectivity index (χ3v) is 25.9. The van der Waals surface area contributed by atoms with Gasteiger partial charge >= 0.3 is 0 Å². The molecule has 0 fully saturated rings. The third-order valence-electron chi connectivity index (χ3n) is 25.9. The molecule has 25 rings (SSSR count). The van der Waals surface area contributed by atoms with Gasteiger partial charge in [-0.2, -0.15) is 0 Å². The smallest absolute Gasteiger partial charge is 0.137 e. The molecule has 2 aliphatic carbocycles. The molecule has 2 aliphatic rings. The fraction of sp³-hybridized carbons (Fsp3) is 0.0526. The van der Waals surface area contributed by atoms with Crippen molar-refractivity contribution in [1.29, 1.82) is 0 Å². The highest BCUT2D eigenvalue weighted by molar-refractivity contribution is 6.21. The summed E-state index contributed by atoms with van der Waals surface area (Å²) < 4.78 is 24.8. The highest BCUT2D eigenvalue weighted by atomic mass is 16.3. The summed E-state index contributed by atoms with van der Waals surface area (Å²) in [5.41, 5.74) is 35.7. The first-order valence-corrected chi connectivity index (χ1v) is 41.8. The molecule has 0 saturated heterocycles. The monoisotopic (exact) mass is 1550 g/mol.